The van der Waals surface area contributed by atoms with Gasteiger partial charge in [0.05, 0.1) is 5.69 Å². The van der Waals surface area contributed by atoms with Gasteiger partial charge in [0, 0.05) is 74.6 Å². The van der Waals surface area contributed by atoms with Crippen LogP contribution in [0.2, 0.25) is 0 Å². The number of rotatable bonds is 5. The van der Waals surface area contributed by atoms with E-state index in [4.69, 9.17) is 4.98 Å². The van der Waals surface area contributed by atoms with E-state index in [-0.39, 0.29) is 11.8 Å². The fraction of sp³-hybridized carbons (Fsp3) is 0.619. The molecule has 0 aromatic carbocycles. The maximum absolute atomic E-state index is 12.7. The quantitative estimate of drug-likeness (QED) is 0.857. The fourth-order valence-corrected chi connectivity index (χ4v) is 4.30. The van der Waals surface area contributed by atoms with E-state index >= 15 is 0 Å². The molecular weight excluding hydrogens is 352 g/mol. The second-order valence-corrected chi connectivity index (χ2v) is 8.06. The van der Waals surface area contributed by atoms with Gasteiger partial charge >= 0.3 is 0 Å². The van der Waals surface area contributed by atoms with Crippen molar-refractivity contribution in [3.8, 4) is 0 Å². The maximum atomic E-state index is 12.7. The summed E-state index contributed by atoms with van der Waals surface area (Å²) in [7, 11) is 0. The van der Waals surface area contributed by atoms with Crippen molar-refractivity contribution in [3.05, 3.63) is 40.7 Å². The summed E-state index contributed by atoms with van der Waals surface area (Å²) in [5.41, 5.74) is 4.58. The minimum atomic E-state index is 0.244. The minimum Gasteiger partial charge on any atom is -0.342 e. The summed E-state index contributed by atoms with van der Waals surface area (Å²) in [4.78, 5) is 24.2. The Morgan fingerprint density at radius 2 is 2.25 bits per heavy atom. The third kappa shape index (κ3) is 4.24. The smallest absolute Gasteiger partial charge is 0.222 e. The Balaban J connectivity index is 1.33. The minimum absolute atomic E-state index is 0.244. The van der Waals surface area contributed by atoms with E-state index in [9.17, 15) is 4.79 Å². The fourth-order valence-electron chi connectivity index (χ4n) is 4.30. The molecule has 1 saturated heterocycles. The molecule has 0 spiro atoms. The highest BCUT2D eigenvalue weighted by Crippen LogP contribution is 2.26. The Kier molecular flexibility index (Phi) is 5.71. The van der Waals surface area contributed by atoms with Crippen LogP contribution >= 0.6 is 0 Å². The molecule has 1 amide bonds. The van der Waals surface area contributed by atoms with Gasteiger partial charge in [-0.3, -0.25) is 9.48 Å². The SMILES string of the molecule is Cc1cc(C)n(CCCC(=O)N2CCC[C@H](c3ncc4c(n3)CCNC4)C2)n1. The van der Waals surface area contributed by atoms with Crippen LogP contribution in [0.4, 0.5) is 0 Å². The molecule has 0 unspecified atom stereocenters. The van der Waals surface area contributed by atoms with Gasteiger partial charge in [-0.1, -0.05) is 0 Å². The number of aryl methyl sites for hydroxylation is 3. The molecule has 150 valence electrons. The number of amides is 1. The van der Waals surface area contributed by atoms with Crippen LogP contribution in [0.1, 0.15) is 60.1 Å². The summed E-state index contributed by atoms with van der Waals surface area (Å²) in [5, 5.41) is 7.84. The van der Waals surface area contributed by atoms with E-state index in [1.807, 2.05) is 22.7 Å². The zero-order valence-electron chi connectivity index (χ0n) is 16.9. The summed E-state index contributed by atoms with van der Waals surface area (Å²) in [6.45, 7) is 8.30. The van der Waals surface area contributed by atoms with Crippen molar-refractivity contribution in [3.63, 3.8) is 0 Å². The standard InChI is InChI=1S/C21H30N6O/c1-15-11-16(2)27(25-15)10-4-6-20(28)26-9-3-5-17(14-26)21-23-13-18-12-22-8-7-19(18)24-21/h11,13,17,22H,3-10,12,14H2,1-2H3/t17-/m0/s1. The Hall–Kier alpha value is -2.28. The molecule has 28 heavy (non-hydrogen) atoms. The van der Waals surface area contributed by atoms with Gasteiger partial charge in [-0.25, -0.2) is 9.97 Å². The van der Waals surface area contributed by atoms with Gasteiger partial charge in [-0.2, -0.15) is 5.10 Å². The Labute approximate surface area is 166 Å². The predicted molar refractivity (Wildman–Crippen MR) is 107 cm³/mol. The molecule has 0 bridgehead atoms. The lowest BCUT2D eigenvalue weighted by molar-refractivity contribution is -0.132. The van der Waals surface area contributed by atoms with Crippen molar-refractivity contribution in [2.24, 2.45) is 0 Å². The molecule has 2 aromatic rings. The summed E-state index contributed by atoms with van der Waals surface area (Å²) >= 11 is 0. The van der Waals surface area contributed by atoms with E-state index in [1.54, 1.807) is 0 Å². The van der Waals surface area contributed by atoms with Crippen LogP contribution in [0.15, 0.2) is 12.3 Å². The van der Waals surface area contributed by atoms with Gasteiger partial charge in [-0.15, -0.1) is 0 Å². The van der Waals surface area contributed by atoms with Crippen LogP contribution < -0.4 is 5.32 Å². The van der Waals surface area contributed by atoms with Gasteiger partial charge < -0.3 is 10.2 Å². The predicted octanol–water partition coefficient (Wildman–Crippen LogP) is 2.12. The van der Waals surface area contributed by atoms with Gasteiger partial charge in [0.1, 0.15) is 5.82 Å². The molecule has 2 aliphatic rings. The first-order valence-corrected chi connectivity index (χ1v) is 10.4. The first kappa shape index (κ1) is 19.1. The van der Waals surface area contributed by atoms with Gasteiger partial charge in [0.2, 0.25) is 5.91 Å². The Morgan fingerprint density at radius 1 is 1.36 bits per heavy atom. The van der Waals surface area contributed by atoms with Crippen LogP contribution in [-0.2, 0) is 24.3 Å². The third-order valence-corrected chi connectivity index (χ3v) is 5.83. The number of likely N-dealkylation sites (tertiary alicyclic amines) is 1. The highest BCUT2D eigenvalue weighted by molar-refractivity contribution is 5.76. The summed E-state index contributed by atoms with van der Waals surface area (Å²) in [6.07, 6.45) is 6.42. The maximum Gasteiger partial charge on any atom is 0.222 e. The lowest BCUT2D eigenvalue weighted by Gasteiger charge is -2.32. The molecule has 4 heterocycles. The summed E-state index contributed by atoms with van der Waals surface area (Å²) < 4.78 is 2.00. The van der Waals surface area contributed by atoms with Crippen LogP contribution in [-0.4, -0.2) is 50.2 Å². The van der Waals surface area contributed by atoms with Crippen molar-refractivity contribution in [1.29, 1.82) is 0 Å². The van der Waals surface area contributed by atoms with Crippen molar-refractivity contribution >= 4 is 5.91 Å². The van der Waals surface area contributed by atoms with Gasteiger partial charge in [0.15, 0.2) is 0 Å². The monoisotopic (exact) mass is 382 g/mol. The van der Waals surface area contributed by atoms with Gasteiger partial charge in [-0.05, 0) is 39.2 Å². The molecule has 1 N–H and O–H groups in total. The zero-order chi connectivity index (χ0) is 19.5. The topological polar surface area (TPSA) is 75.9 Å². The molecule has 7 nitrogen and oxygen atoms in total. The van der Waals surface area contributed by atoms with Crippen LogP contribution in [0.3, 0.4) is 0 Å². The summed E-state index contributed by atoms with van der Waals surface area (Å²) in [6, 6.07) is 2.08. The second kappa shape index (κ2) is 8.39. The van der Waals surface area contributed by atoms with Crippen LogP contribution in [0.5, 0.6) is 0 Å². The largest absolute Gasteiger partial charge is 0.342 e. The number of piperidine rings is 1. The lowest BCUT2D eigenvalue weighted by atomic mass is 9.96. The van der Waals surface area contributed by atoms with Gasteiger partial charge in [0.25, 0.3) is 0 Å². The van der Waals surface area contributed by atoms with Crippen molar-refractivity contribution < 1.29 is 4.79 Å². The summed E-state index contributed by atoms with van der Waals surface area (Å²) in [5.74, 6) is 1.42. The molecule has 4 rings (SSSR count). The molecule has 0 saturated carbocycles. The molecule has 7 heteroatoms. The second-order valence-electron chi connectivity index (χ2n) is 8.06. The Bertz CT molecular complexity index is 845. The molecular formula is C21H30N6O. The number of nitrogens with one attached hydrogen (secondary N) is 1. The molecule has 0 aliphatic carbocycles. The van der Waals surface area contributed by atoms with E-state index in [0.717, 1.165) is 75.6 Å². The molecule has 2 aliphatic heterocycles. The normalized spacial score (nSPS) is 19.5. The van der Waals surface area contributed by atoms with E-state index < -0.39 is 0 Å². The van der Waals surface area contributed by atoms with E-state index in [2.05, 4.69) is 28.4 Å². The highest BCUT2D eigenvalue weighted by Gasteiger charge is 2.27. The van der Waals surface area contributed by atoms with Crippen LogP contribution in [0.25, 0.3) is 0 Å². The number of nitrogens with zero attached hydrogens (tertiary/aromatic N) is 5. The zero-order valence-corrected chi connectivity index (χ0v) is 16.9. The number of aromatic nitrogens is 4. The average Bonchev–Trinajstić information content (AvgIpc) is 3.04. The number of carbonyl (C=O) groups excluding carboxylic acids is 1. The van der Waals surface area contributed by atoms with E-state index in [1.165, 1.54) is 11.3 Å². The molecule has 0 radical (unpaired) electrons. The first-order chi connectivity index (χ1) is 13.6. The number of hydrogen-bond donors (Lipinski definition) is 1. The number of carbonyl (C=O) groups is 1. The first-order valence-electron chi connectivity index (χ1n) is 10.4. The molecule has 1 atom stereocenters. The lowest BCUT2D eigenvalue weighted by Crippen LogP contribution is -2.39. The third-order valence-electron chi connectivity index (χ3n) is 5.83. The highest BCUT2D eigenvalue weighted by atomic mass is 16.2. The molecule has 2 aromatic heterocycles. The van der Waals surface area contributed by atoms with Crippen LogP contribution in [0, 0.1) is 13.8 Å². The Morgan fingerprint density at radius 3 is 3.07 bits per heavy atom. The molecule has 1 fully saturated rings. The van der Waals surface area contributed by atoms with Crippen molar-refractivity contribution in [1.82, 2.24) is 30.0 Å². The van der Waals surface area contributed by atoms with Crippen molar-refractivity contribution in [2.45, 2.75) is 65.0 Å². The average molecular weight is 383 g/mol. The van der Waals surface area contributed by atoms with E-state index in [0.29, 0.717) is 6.42 Å². The van der Waals surface area contributed by atoms with Crippen molar-refractivity contribution in [2.75, 3.05) is 19.6 Å². The number of fused-ring (bicyclic) bond motifs is 1. The number of hydrogen-bond acceptors (Lipinski definition) is 5.